The molecule has 0 aliphatic heterocycles. The van der Waals surface area contributed by atoms with Gasteiger partial charge in [-0.25, -0.2) is 0 Å². The number of aliphatic carboxylic acids is 2. The fourth-order valence-corrected chi connectivity index (χ4v) is 0. The summed E-state index contributed by atoms with van der Waals surface area (Å²) >= 11 is 1.35. The average molecular weight is 203 g/mol. The third-order valence-corrected chi connectivity index (χ3v) is 0.167. The van der Waals surface area contributed by atoms with Crippen molar-refractivity contribution in [3.05, 3.63) is 0 Å². The molecule has 0 aliphatic rings. The molecule has 0 aromatic heterocycles. The molecule has 0 radical (unpaired) electrons. The van der Waals surface area contributed by atoms with Gasteiger partial charge in [0.25, 0.3) is 0 Å². The van der Waals surface area contributed by atoms with Crippen LogP contribution in [0.1, 0.15) is 0 Å². The molecular formula is C2NO4Ru. The molecule has 5 nitrogen and oxygen atoms in total. The monoisotopic (exact) mass is 204 g/mol. The van der Waals surface area contributed by atoms with Gasteiger partial charge in [0.1, 0.15) is 0 Å². The summed E-state index contributed by atoms with van der Waals surface area (Å²) in [7, 11) is 0. The van der Waals surface area contributed by atoms with Crippen LogP contribution in [0.3, 0.4) is 0 Å². The van der Waals surface area contributed by atoms with E-state index >= 15 is 0 Å². The molecule has 0 spiro atoms. The van der Waals surface area contributed by atoms with Gasteiger partial charge in [0, 0.05) is 0 Å². The van der Waals surface area contributed by atoms with Crippen molar-refractivity contribution in [2.45, 2.75) is 0 Å². The summed E-state index contributed by atoms with van der Waals surface area (Å²) in [6, 6.07) is 0. The summed E-state index contributed by atoms with van der Waals surface area (Å²) in [5.74, 6) is -4.37. The third kappa shape index (κ3) is 8.99. The molecular weight excluding hydrogens is 203 g/mol. The van der Waals surface area contributed by atoms with Crippen LogP contribution in [0.2, 0.25) is 0 Å². The molecule has 0 aliphatic carbocycles. The van der Waals surface area contributed by atoms with Crippen molar-refractivity contribution in [3.8, 4) is 0 Å². The van der Waals surface area contributed by atoms with Gasteiger partial charge >= 0.3 is 21.9 Å². The topological polar surface area (TPSA) is 104 Å². The molecule has 0 unspecified atom stereocenters. The molecule has 0 fully saturated rings. The molecule has 8 heavy (non-hydrogen) atoms. The zero-order chi connectivity index (χ0) is 7.15. The van der Waals surface area contributed by atoms with Crippen molar-refractivity contribution in [2.75, 3.05) is 0 Å². The first kappa shape index (κ1) is 10.3. The number of carbonyl (C=O) groups excluding carboxylic acids is 2. The number of hydrogen-bond donors (Lipinski definition) is 0. The standard InChI is InChI=1S/C2H2O4.N.Ru/c3-1(4)2(5)6;;/h(H,3,4)(H,5,6);;/q;;+2/p-2. The predicted octanol–water partition coefficient (Wildman–Crippen LogP) is -3.50. The summed E-state index contributed by atoms with van der Waals surface area (Å²) in [4.78, 5) is 17.9. The second kappa shape index (κ2) is 6.27. The molecule has 0 saturated carbocycles. The first-order valence-electron chi connectivity index (χ1n) is 1.22. The molecule has 0 heterocycles. The van der Waals surface area contributed by atoms with Gasteiger partial charge in [-0.15, -0.1) is 0 Å². The van der Waals surface area contributed by atoms with Crippen LogP contribution in [-0.2, 0) is 27.5 Å². The van der Waals surface area contributed by atoms with Gasteiger partial charge in [-0.1, -0.05) is 0 Å². The molecule has 0 bridgehead atoms. The minimum absolute atomic E-state index is 1.35. The van der Waals surface area contributed by atoms with Crippen molar-refractivity contribution in [2.24, 2.45) is 0 Å². The van der Waals surface area contributed by atoms with Crippen LogP contribution in [-0.4, -0.2) is 11.9 Å². The normalized spacial score (nSPS) is 5.75. The Morgan fingerprint density at radius 3 is 1.25 bits per heavy atom. The molecule has 0 amide bonds. The Bertz CT molecular complexity index is 106. The maximum atomic E-state index is 8.93. The maximum absolute atomic E-state index is 8.93. The van der Waals surface area contributed by atoms with E-state index in [0.29, 0.717) is 0 Å². The van der Waals surface area contributed by atoms with Gasteiger partial charge < -0.3 is 19.8 Å². The molecule has 6 heteroatoms. The number of carbonyl (C=O) groups is 2. The van der Waals surface area contributed by atoms with Gasteiger partial charge in [-0.3, -0.25) is 0 Å². The Morgan fingerprint density at radius 1 is 1.12 bits per heavy atom. The van der Waals surface area contributed by atoms with E-state index in [4.69, 9.17) is 23.7 Å². The van der Waals surface area contributed by atoms with E-state index in [0.717, 1.165) is 0 Å². The average Bonchev–Trinajstić information content (AvgIpc) is 1.72. The molecule has 0 saturated heterocycles. The van der Waals surface area contributed by atoms with Crippen molar-refractivity contribution in [1.82, 2.24) is 0 Å². The van der Waals surface area contributed by atoms with E-state index in [1.54, 1.807) is 0 Å². The summed E-state index contributed by atoms with van der Waals surface area (Å²) < 4.78 is 6.93. The fraction of sp³-hybridized carbons (Fsp3) is 0. The van der Waals surface area contributed by atoms with Crippen LogP contribution in [0.4, 0.5) is 0 Å². The van der Waals surface area contributed by atoms with Crippen LogP contribution in [0.15, 0.2) is 0 Å². The van der Waals surface area contributed by atoms with E-state index in [1.165, 1.54) is 17.9 Å². The first-order valence-corrected chi connectivity index (χ1v) is 2.00. The Hall–Kier alpha value is -0.727. The fourth-order valence-electron chi connectivity index (χ4n) is 0. The quantitative estimate of drug-likeness (QED) is 0.300. The third-order valence-electron chi connectivity index (χ3n) is 0.167. The van der Waals surface area contributed by atoms with Crippen molar-refractivity contribution < 1.29 is 37.7 Å². The number of carboxylic acids is 2. The van der Waals surface area contributed by atoms with Gasteiger partial charge in [-0.2, -0.15) is 0 Å². The summed E-state index contributed by atoms with van der Waals surface area (Å²) in [5, 5.41) is 17.9. The van der Waals surface area contributed by atoms with Crippen molar-refractivity contribution >= 4 is 11.9 Å². The number of nitrogens with zero attached hydrogens (tertiary/aromatic N) is 1. The molecule has 0 aromatic carbocycles. The molecule has 45 valence electrons. The second-order valence-electron chi connectivity index (χ2n) is 0.575. The molecule has 0 N–H and O–H groups in total. The summed E-state index contributed by atoms with van der Waals surface area (Å²) in [5.41, 5.74) is 0. The molecule has 0 atom stereocenters. The van der Waals surface area contributed by atoms with Crippen LogP contribution in [0.25, 0.3) is 0 Å². The zero-order valence-electron chi connectivity index (χ0n) is 3.43. The van der Waals surface area contributed by atoms with E-state index in [1.807, 2.05) is 0 Å². The summed E-state index contributed by atoms with van der Waals surface area (Å²) in [6.07, 6.45) is 0. The van der Waals surface area contributed by atoms with Gasteiger partial charge in [-0.05, 0) is 0 Å². The Balaban J connectivity index is 0. The van der Waals surface area contributed by atoms with Crippen molar-refractivity contribution in [1.29, 1.82) is 3.92 Å². The Labute approximate surface area is 54.3 Å². The van der Waals surface area contributed by atoms with Crippen LogP contribution in [0.5, 0.6) is 0 Å². The van der Waals surface area contributed by atoms with Crippen LogP contribution < -0.4 is 10.2 Å². The second-order valence-corrected chi connectivity index (χ2v) is 0.575. The van der Waals surface area contributed by atoms with Crippen LogP contribution in [0, 0.1) is 3.92 Å². The Kier molecular flexibility index (Phi) is 8.07. The molecule has 0 rings (SSSR count). The van der Waals surface area contributed by atoms with Crippen LogP contribution >= 0.6 is 0 Å². The predicted molar refractivity (Wildman–Crippen MR) is 11.7 cm³/mol. The van der Waals surface area contributed by atoms with E-state index in [9.17, 15) is 0 Å². The zero-order valence-corrected chi connectivity index (χ0v) is 5.17. The number of rotatable bonds is 0. The first-order chi connectivity index (χ1) is 3.64. The molecule has 0 aromatic rings. The Morgan fingerprint density at radius 2 is 1.25 bits per heavy atom. The number of hydrogen-bond acceptors (Lipinski definition) is 5. The van der Waals surface area contributed by atoms with E-state index < -0.39 is 11.9 Å². The van der Waals surface area contributed by atoms with E-state index in [-0.39, 0.29) is 0 Å². The van der Waals surface area contributed by atoms with Gasteiger partial charge in [0.15, 0.2) is 0 Å². The minimum atomic E-state index is -2.19. The number of carboxylic acid groups (broad SMARTS) is 2. The SMILES string of the molecule is O=C([O-])C(=O)[O-].[N]#[Ru+2]. The summed E-state index contributed by atoms with van der Waals surface area (Å²) in [6.45, 7) is 0. The van der Waals surface area contributed by atoms with E-state index in [2.05, 4.69) is 0 Å². The van der Waals surface area contributed by atoms with Gasteiger partial charge in [0.2, 0.25) is 0 Å². The van der Waals surface area contributed by atoms with Gasteiger partial charge in [0.05, 0.1) is 11.9 Å². The van der Waals surface area contributed by atoms with Crippen molar-refractivity contribution in [3.63, 3.8) is 0 Å².